The number of piperidine rings is 1. The lowest BCUT2D eigenvalue weighted by molar-refractivity contribution is -0.121. The van der Waals surface area contributed by atoms with Crippen LogP contribution in [0, 0.1) is 11.6 Å². The number of aryl methyl sites for hydroxylation is 1. The second kappa shape index (κ2) is 8.95. The monoisotopic (exact) mass is 374 g/mol. The number of nitrogens with one attached hydrogen (secondary N) is 1. The molecule has 27 heavy (non-hydrogen) atoms. The van der Waals surface area contributed by atoms with E-state index in [0.717, 1.165) is 5.56 Å². The Bertz CT molecular complexity index is 772. The summed E-state index contributed by atoms with van der Waals surface area (Å²) in [6.07, 6.45) is 1.81. The SMILES string of the molecule is O=C(CCc1ccc(F)cc1)NCc1ccc(N2CCC(O)CC2)c(F)c1. The summed E-state index contributed by atoms with van der Waals surface area (Å²) in [5, 5.41) is 12.3. The molecule has 0 bridgehead atoms. The van der Waals surface area contributed by atoms with E-state index < -0.39 is 0 Å². The molecule has 0 saturated carbocycles. The van der Waals surface area contributed by atoms with Crippen LogP contribution in [0.2, 0.25) is 0 Å². The van der Waals surface area contributed by atoms with E-state index in [0.29, 0.717) is 50.0 Å². The molecule has 3 rings (SSSR count). The molecule has 0 aliphatic carbocycles. The predicted octanol–water partition coefficient (Wildman–Crippen LogP) is 3.17. The number of aliphatic hydroxyl groups excluding tert-OH is 1. The summed E-state index contributed by atoms with van der Waals surface area (Å²) in [4.78, 5) is 13.9. The molecular formula is C21H24F2N2O2. The van der Waals surface area contributed by atoms with E-state index in [2.05, 4.69) is 5.32 Å². The van der Waals surface area contributed by atoms with Crippen molar-refractivity contribution < 1.29 is 18.7 Å². The molecule has 1 heterocycles. The molecule has 0 radical (unpaired) electrons. The van der Waals surface area contributed by atoms with Crippen LogP contribution in [0.4, 0.5) is 14.5 Å². The highest BCUT2D eigenvalue weighted by Crippen LogP contribution is 2.24. The molecule has 1 fully saturated rings. The van der Waals surface area contributed by atoms with Gasteiger partial charge in [0.1, 0.15) is 11.6 Å². The van der Waals surface area contributed by atoms with Crippen LogP contribution < -0.4 is 10.2 Å². The van der Waals surface area contributed by atoms with Gasteiger partial charge >= 0.3 is 0 Å². The first kappa shape index (κ1) is 19.3. The van der Waals surface area contributed by atoms with Crippen LogP contribution in [0.1, 0.15) is 30.4 Å². The van der Waals surface area contributed by atoms with Gasteiger partial charge in [-0.1, -0.05) is 18.2 Å². The Balaban J connectivity index is 1.48. The zero-order chi connectivity index (χ0) is 19.2. The van der Waals surface area contributed by atoms with Crippen LogP contribution in [0.15, 0.2) is 42.5 Å². The molecule has 4 nitrogen and oxygen atoms in total. The summed E-state index contributed by atoms with van der Waals surface area (Å²) in [5.74, 6) is -0.743. The van der Waals surface area contributed by atoms with Crippen molar-refractivity contribution >= 4 is 11.6 Å². The average molecular weight is 374 g/mol. The smallest absolute Gasteiger partial charge is 0.220 e. The maximum Gasteiger partial charge on any atom is 0.220 e. The van der Waals surface area contributed by atoms with Gasteiger partial charge in [-0.15, -0.1) is 0 Å². The van der Waals surface area contributed by atoms with E-state index >= 15 is 0 Å². The first-order valence-corrected chi connectivity index (χ1v) is 9.24. The van der Waals surface area contributed by atoms with Crippen molar-refractivity contribution in [2.75, 3.05) is 18.0 Å². The Morgan fingerprint density at radius 2 is 1.74 bits per heavy atom. The Morgan fingerprint density at radius 3 is 2.41 bits per heavy atom. The van der Waals surface area contributed by atoms with E-state index in [4.69, 9.17) is 0 Å². The van der Waals surface area contributed by atoms with Crippen molar-refractivity contribution in [2.24, 2.45) is 0 Å². The van der Waals surface area contributed by atoms with Gasteiger partial charge in [0.05, 0.1) is 11.8 Å². The quantitative estimate of drug-likeness (QED) is 0.817. The second-order valence-electron chi connectivity index (χ2n) is 6.91. The van der Waals surface area contributed by atoms with Gasteiger partial charge in [0.2, 0.25) is 5.91 Å². The number of rotatable bonds is 6. The predicted molar refractivity (Wildman–Crippen MR) is 100 cm³/mol. The minimum atomic E-state index is -0.315. The molecule has 6 heteroatoms. The fraction of sp³-hybridized carbons (Fsp3) is 0.381. The van der Waals surface area contributed by atoms with Gasteiger partial charge in [0, 0.05) is 26.1 Å². The van der Waals surface area contributed by atoms with Crippen molar-refractivity contribution in [3.05, 3.63) is 65.2 Å². The van der Waals surface area contributed by atoms with Gasteiger partial charge in [0.15, 0.2) is 0 Å². The van der Waals surface area contributed by atoms with Gasteiger partial charge in [0.25, 0.3) is 0 Å². The number of nitrogens with zero attached hydrogens (tertiary/aromatic N) is 1. The molecule has 0 spiro atoms. The van der Waals surface area contributed by atoms with Gasteiger partial charge < -0.3 is 15.3 Å². The van der Waals surface area contributed by atoms with E-state index in [1.165, 1.54) is 18.2 Å². The zero-order valence-electron chi connectivity index (χ0n) is 15.1. The molecule has 1 amide bonds. The lowest BCUT2D eigenvalue weighted by Crippen LogP contribution is -2.36. The van der Waals surface area contributed by atoms with E-state index in [1.807, 2.05) is 11.0 Å². The van der Waals surface area contributed by atoms with Crippen LogP contribution >= 0.6 is 0 Å². The topological polar surface area (TPSA) is 52.6 Å². The summed E-state index contributed by atoms with van der Waals surface area (Å²) in [5.41, 5.74) is 2.13. The van der Waals surface area contributed by atoms with Crippen LogP contribution in [0.3, 0.4) is 0 Å². The number of amides is 1. The minimum absolute atomic E-state index is 0.131. The van der Waals surface area contributed by atoms with Gasteiger partial charge in [-0.05, 0) is 54.7 Å². The van der Waals surface area contributed by atoms with Crippen molar-refractivity contribution in [1.29, 1.82) is 0 Å². The van der Waals surface area contributed by atoms with E-state index in [1.54, 1.807) is 18.2 Å². The summed E-state index contributed by atoms with van der Waals surface area (Å²) in [6, 6.07) is 11.1. The third kappa shape index (κ3) is 5.50. The van der Waals surface area contributed by atoms with Crippen LogP contribution in [-0.2, 0) is 17.8 Å². The lowest BCUT2D eigenvalue weighted by Gasteiger charge is -2.31. The molecular weight excluding hydrogens is 350 g/mol. The van der Waals surface area contributed by atoms with E-state index in [-0.39, 0.29) is 30.2 Å². The van der Waals surface area contributed by atoms with Gasteiger partial charge in [-0.3, -0.25) is 4.79 Å². The van der Waals surface area contributed by atoms with Gasteiger partial charge in [-0.25, -0.2) is 8.78 Å². The Labute approximate surface area is 157 Å². The third-order valence-corrected chi connectivity index (χ3v) is 4.86. The molecule has 144 valence electrons. The second-order valence-corrected chi connectivity index (χ2v) is 6.91. The molecule has 0 atom stereocenters. The Kier molecular flexibility index (Phi) is 6.40. The number of anilines is 1. The maximum atomic E-state index is 14.4. The minimum Gasteiger partial charge on any atom is -0.393 e. The van der Waals surface area contributed by atoms with Crippen molar-refractivity contribution in [1.82, 2.24) is 5.32 Å². The van der Waals surface area contributed by atoms with Crippen LogP contribution in [0.25, 0.3) is 0 Å². The molecule has 2 aromatic rings. The molecule has 0 unspecified atom stereocenters. The molecule has 1 saturated heterocycles. The summed E-state index contributed by atoms with van der Waals surface area (Å²) >= 11 is 0. The van der Waals surface area contributed by atoms with E-state index in [9.17, 15) is 18.7 Å². The van der Waals surface area contributed by atoms with Gasteiger partial charge in [-0.2, -0.15) is 0 Å². The third-order valence-electron chi connectivity index (χ3n) is 4.86. The fourth-order valence-electron chi connectivity index (χ4n) is 3.22. The number of halogens is 2. The number of benzene rings is 2. The number of carbonyl (C=O) groups is 1. The van der Waals surface area contributed by atoms with Crippen molar-refractivity contribution in [3.8, 4) is 0 Å². The lowest BCUT2D eigenvalue weighted by atomic mass is 10.1. The highest BCUT2D eigenvalue weighted by Gasteiger charge is 2.19. The Morgan fingerprint density at radius 1 is 1.07 bits per heavy atom. The Hall–Kier alpha value is -2.47. The first-order valence-electron chi connectivity index (χ1n) is 9.24. The van der Waals surface area contributed by atoms with Crippen molar-refractivity contribution in [2.45, 2.75) is 38.3 Å². The normalized spacial score (nSPS) is 15.0. The largest absolute Gasteiger partial charge is 0.393 e. The molecule has 2 aromatic carbocycles. The van der Waals surface area contributed by atoms with Crippen LogP contribution in [0.5, 0.6) is 0 Å². The molecule has 1 aliphatic heterocycles. The maximum absolute atomic E-state index is 14.4. The summed E-state index contributed by atoms with van der Waals surface area (Å²) < 4.78 is 27.3. The highest BCUT2D eigenvalue weighted by molar-refractivity contribution is 5.76. The molecule has 1 aliphatic rings. The number of aliphatic hydroxyl groups is 1. The average Bonchev–Trinajstić information content (AvgIpc) is 2.67. The number of carbonyl (C=O) groups excluding carboxylic acids is 1. The first-order chi connectivity index (χ1) is 13.0. The number of hydrogen-bond acceptors (Lipinski definition) is 3. The van der Waals surface area contributed by atoms with Crippen molar-refractivity contribution in [3.63, 3.8) is 0 Å². The number of hydrogen-bond donors (Lipinski definition) is 2. The summed E-state index contributed by atoms with van der Waals surface area (Å²) in [7, 11) is 0. The molecule has 2 N–H and O–H groups in total. The highest BCUT2D eigenvalue weighted by atomic mass is 19.1. The summed E-state index contributed by atoms with van der Waals surface area (Å²) in [6.45, 7) is 1.53. The van der Waals surface area contributed by atoms with Crippen LogP contribution in [-0.4, -0.2) is 30.2 Å². The standard InChI is InChI=1S/C21H24F2N2O2/c22-17-5-1-15(2-6-17)4-8-21(27)24-14-16-3-7-20(19(23)13-16)25-11-9-18(26)10-12-25/h1-3,5-7,13,18,26H,4,8-12,14H2,(H,24,27). The molecule has 0 aromatic heterocycles. The zero-order valence-corrected chi connectivity index (χ0v) is 15.1. The fourth-order valence-corrected chi connectivity index (χ4v) is 3.22.